The zero-order valence-corrected chi connectivity index (χ0v) is 8.88. The molecule has 0 bridgehead atoms. The fourth-order valence-corrected chi connectivity index (χ4v) is 2.34. The van der Waals surface area contributed by atoms with Crippen LogP contribution in [0.15, 0.2) is 0 Å². The molecule has 0 aromatic heterocycles. The Bertz CT molecular complexity index is 235. The van der Waals surface area contributed by atoms with Gasteiger partial charge in [0.15, 0.2) is 0 Å². The van der Waals surface area contributed by atoms with E-state index in [4.69, 9.17) is 5.73 Å². The van der Waals surface area contributed by atoms with E-state index in [0.29, 0.717) is 0 Å². The monoisotopic (exact) mass is 196 g/mol. The molecule has 1 amide bonds. The molecule has 0 aliphatic heterocycles. The summed E-state index contributed by atoms with van der Waals surface area (Å²) in [5.41, 5.74) is 5.97. The molecule has 2 rings (SSSR count). The lowest BCUT2D eigenvalue weighted by Gasteiger charge is -2.18. The SMILES string of the molecule is CCC1(NC(=O)C2CCC(N)C2)CC1. The Morgan fingerprint density at radius 3 is 2.64 bits per heavy atom. The third-order valence-electron chi connectivity index (χ3n) is 3.76. The molecule has 80 valence electrons. The van der Waals surface area contributed by atoms with E-state index in [2.05, 4.69) is 12.2 Å². The summed E-state index contributed by atoms with van der Waals surface area (Å²) >= 11 is 0. The van der Waals surface area contributed by atoms with Gasteiger partial charge in [0.2, 0.25) is 5.91 Å². The highest BCUT2D eigenvalue weighted by atomic mass is 16.2. The van der Waals surface area contributed by atoms with Crippen LogP contribution < -0.4 is 11.1 Å². The molecular weight excluding hydrogens is 176 g/mol. The van der Waals surface area contributed by atoms with Crippen molar-refractivity contribution in [1.82, 2.24) is 5.32 Å². The first-order valence-corrected chi connectivity index (χ1v) is 5.73. The Hall–Kier alpha value is -0.570. The lowest BCUT2D eigenvalue weighted by atomic mass is 10.1. The minimum absolute atomic E-state index is 0.170. The summed E-state index contributed by atoms with van der Waals surface area (Å²) in [5.74, 6) is 0.436. The lowest BCUT2D eigenvalue weighted by molar-refractivity contribution is -0.125. The highest BCUT2D eigenvalue weighted by Gasteiger charge is 2.43. The molecule has 0 radical (unpaired) electrons. The van der Waals surface area contributed by atoms with Gasteiger partial charge in [0.1, 0.15) is 0 Å². The van der Waals surface area contributed by atoms with E-state index < -0.39 is 0 Å². The molecule has 0 aromatic rings. The van der Waals surface area contributed by atoms with Crippen LogP contribution in [0.5, 0.6) is 0 Å². The van der Waals surface area contributed by atoms with Gasteiger partial charge in [0.05, 0.1) is 0 Å². The van der Waals surface area contributed by atoms with Crippen LogP contribution in [-0.4, -0.2) is 17.5 Å². The van der Waals surface area contributed by atoms with Crippen molar-refractivity contribution in [2.75, 3.05) is 0 Å². The Morgan fingerprint density at radius 1 is 1.50 bits per heavy atom. The molecule has 0 heterocycles. The molecule has 2 fully saturated rings. The van der Waals surface area contributed by atoms with E-state index in [1.807, 2.05) is 0 Å². The van der Waals surface area contributed by atoms with Crippen LogP contribution in [0.4, 0.5) is 0 Å². The van der Waals surface area contributed by atoms with Crippen molar-refractivity contribution in [2.24, 2.45) is 11.7 Å². The van der Waals surface area contributed by atoms with Gasteiger partial charge in [-0.3, -0.25) is 4.79 Å². The summed E-state index contributed by atoms with van der Waals surface area (Å²) in [4.78, 5) is 11.8. The number of carbonyl (C=O) groups excluding carboxylic acids is 1. The number of amides is 1. The van der Waals surface area contributed by atoms with Gasteiger partial charge in [-0.05, 0) is 38.5 Å². The largest absolute Gasteiger partial charge is 0.350 e. The summed E-state index contributed by atoms with van der Waals surface area (Å²) < 4.78 is 0. The zero-order chi connectivity index (χ0) is 10.2. The second-order valence-electron chi connectivity index (χ2n) is 4.89. The first kappa shape index (κ1) is 9.97. The quantitative estimate of drug-likeness (QED) is 0.712. The molecule has 3 heteroatoms. The van der Waals surface area contributed by atoms with Crippen molar-refractivity contribution in [3.63, 3.8) is 0 Å². The van der Waals surface area contributed by atoms with Gasteiger partial charge in [-0.15, -0.1) is 0 Å². The standard InChI is InChI=1S/C11H20N2O/c1-2-11(5-6-11)13-10(14)8-3-4-9(12)7-8/h8-9H,2-7,12H2,1H3,(H,13,14). The Morgan fingerprint density at radius 2 is 2.21 bits per heavy atom. The fraction of sp³-hybridized carbons (Fsp3) is 0.909. The summed E-state index contributed by atoms with van der Waals surface area (Å²) in [7, 11) is 0. The third kappa shape index (κ3) is 1.92. The average Bonchev–Trinajstić information content (AvgIpc) is 2.80. The second kappa shape index (κ2) is 3.54. The van der Waals surface area contributed by atoms with E-state index in [9.17, 15) is 4.79 Å². The van der Waals surface area contributed by atoms with Crippen LogP contribution in [0.1, 0.15) is 45.4 Å². The summed E-state index contributed by atoms with van der Waals surface area (Å²) in [6.45, 7) is 2.15. The van der Waals surface area contributed by atoms with E-state index in [1.165, 1.54) is 0 Å². The topological polar surface area (TPSA) is 55.1 Å². The van der Waals surface area contributed by atoms with Crippen LogP contribution in [0.2, 0.25) is 0 Å². The Kier molecular flexibility index (Phi) is 2.52. The molecule has 2 aliphatic rings. The molecule has 0 spiro atoms. The van der Waals surface area contributed by atoms with Crippen molar-refractivity contribution in [1.29, 1.82) is 0 Å². The molecule has 2 aliphatic carbocycles. The summed E-state index contributed by atoms with van der Waals surface area (Å²) in [5, 5.41) is 3.19. The van der Waals surface area contributed by atoms with Crippen LogP contribution in [0.25, 0.3) is 0 Å². The maximum absolute atomic E-state index is 11.8. The van der Waals surface area contributed by atoms with Gasteiger partial charge >= 0.3 is 0 Å². The van der Waals surface area contributed by atoms with Crippen LogP contribution in [0, 0.1) is 5.92 Å². The number of hydrogen-bond acceptors (Lipinski definition) is 2. The number of hydrogen-bond donors (Lipinski definition) is 2. The number of rotatable bonds is 3. The van der Waals surface area contributed by atoms with Crippen molar-refractivity contribution in [2.45, 2.75) is 57.0 Å². The van der Waals surface area contributed by atoms with E-state index in [-0.39, 0.29) is 23.4 Å². The van der Waals surface area contributed by atoms with Gasteiger partial charge in [0, 0.05) is 17.5 Å². The highest BCUT2D eigenvalue weighted by molar-refractivity contribution is 5.80. The minimum atomic E-state index is 0.170. The van der Waals surface area contributed by atoms with Crippen molar-refractivity contribution >= 4 is 5.91 Å². The maximum atomic E-state index is 11.8. The molecule has 3 nitrogen and oxygen atoms in total. The summed E-state index contributed by atoms with van der Waals surface area (Å²) in [6.07, 6.45) is 6.26. The molecule has 0 aromatic carbocycles. The highest BCUT2D eigenvalue weighted by Crippen LogP contribution is 2.39. The molecule has 2 unspecified atom stereocenters. The number of nitrogens with two attached hydrogens (primary N) is 1. The molecule has 2 saturated carbocycles. The molecule has 2 atom stereocenters. The van der Waals surface area contributed by atoms with Gasteiger partial charge in [-0.25, -0.2) is 0 Å². The van der Waals surface area contributed by atoms with Crippen LogP contribution in [-0.2, 0) is 4.79 Å². The number of nitrogens with one attached hydrogen (secondary N) is 1. The second-order valence-corrected chi connectivity index (χ2v) is 4.89. The Labute approximate surface area is 85.4 Å². The van der Waals surface area contributed by atoms with Crippen molar-refractivity contribution in [3.8, 4) is 0 Å². The van der Waals surface area contributed by atoms with Gasteiger partial charge < -0.3 is 11.1 Å². The average molecular weight is 196 g/mol. The lowest BCUT2D eigenvalue weighted by Crippen LogP contribution is -2.40. The fourth-order valence-electron chi connectivity index (χ4n) is 2.34. The minimum Gasteiger partial charge on any atom is -0.350 e. The van der Waals surface area contributed by atoms with Gasteiger partial charge in [-0.2, -0.15) is 0 Å². The Balaban J connectivity index is 1.84. The molecule has 3 N–H and O–H groups in total. The first-order chi connectivity index (χ1) is 6.65. The zero-order valence-electron chi connectivity index (χ0n) is 8.88. The van der Waals surface area contributed by atoms with E-state index in [0.717, 1.165) is 38.5 Å². The van der Waals surface area contributed by atoms with Crippen LogP contribution in [0.3, 0.4) is 0 Å². The van der Waals surface area contributed by atoms with E-state index in [1.54, 1.807) is 0 Å². The summed E-state index contributed by atoms with van der Waals surface area (Å²) in [6, 6.07) is 0.252. The van der Waals surface area contributed by atoms with Crippen molar-refractivity contribution in [3.05, 3.63) is 0 Å². The van der Waals surface area contributed by atoms with Crippen LogP contribution >= 0.6 is 0 Å². The first-order valence-electron chi connectivity index (χ1n) is 5.73. The predicted octanol–water partition coefficient (Wildman–Crippen LogP) is 1.17. The van der Waals surface area contributed by atoms with Gasteiger partial charge in [0.25, 0.3) is 0 Å². The maximum Gasteiger partial charge on any atom is 0.223 e. The van der Waals surface area contributed by atoms with E-state index >= 15 is 0 Å². The predicted molar refractivity (Wildman–Crippen MR) is 55.7 cm³/mol. The number of carbonyl (C=O) groups is 1. The molecular formula is C11H20N2O. The van der Waals surface area contributed by atoms with Gasteiger partial charge in [-0.1, -0.05) is 6.92 Å². The molecule has 0 saturated heterocycles. The van der Waals surface area contributed by atoms with Crippen molar-refractivity contribution < 1.29 is 4.79 Å². The smallest absolute Gasteiger partial charge is 0.223 e. The normalized spacial score (nSPS) is 34.1. The third-order valence-corrected chi connectivity index (χ3v) is 3.76. The molecule has 14 heavy (non-hydrogen) atoms.